The summed E-state index contributed by atoms with van der Waals surface area (Å²) >= 11 is 0.858. The Bertz CT molecular complexity index is 210. The molecule has 1 rings (SSSR count). The van der Waals surface area contributed by atoms with Gasteiger partial charge in [0.15, 0.2) is 0 Å². The van der Waals surface area contributed by atoms with Crippen molar-refractivity contribution in [2.45, 2.75) is 12.6 Å². The van der Waals surface area contributed by atoms with Crippen LogP contribution in [0.4, 0.5) is 13.2 Å². The molecule has 0 N–H and O–H groups in total. The van der Waals surface area contributed by atoms with Gasteiger partial charge in [-0.3, -0.25) is 4.79 Å². The van der Waals surface area contributed by atoms with Crippen molar-refractivity contribution in [3.05, 3.63) is 0 Å². The van der Waals surface area contributed by atoms with E-state index in [2.05, 4.69) is 4.99 Å². The van der Waals surface area contributed by atoms with Gasteiger partial charge < -0.3 is 0 Å². The molecule has 0 spiro atoms. The molecule has 2 nitrogen and oxygen atoms in total. The largest absolute Gasteiger partial charge is 0.395 e. The molecule has 0 aromatic carbocycles. The van der Waals surface area contributed by atoms with E-state index in [9.17, 15) is 18.0 Å². The smallest absolute Gasteiger partial charge is 0.272 e. The lowest BCUT2D eigenvalue weighted by Crippen LogP contribution is -2.11. The molecule has 62 valence electrons. The number of aliphatic imine (C=N–C) groups is 1. The zero-order valence-electron chi connectivity index (χ0n) is 5.31. The van der Waals surface area contributed by atoms with Gasteiger partial charge in [-0.25, -0.2) is 4.99 Å². The van der Waals surface area contributed by atoms with Crippen molar-refractivity contribution in [2.24, 2.45) is 4.99 Å². The van der Waals surface area contributed by atoms with Crippen molar-refractivity contribution in [2.75, 3.05) is 5.75 Å². The Kier molecular flexibility index (Phi) is 2.22. The lowest BCUT2D eigenvalue weighted by atomic mass is 10.4. The first kappa shape index (κ1) is 8.58. The van der Waals surface area contributed by atoms with E-state index < -0.39 is 18.5 Å². The molecule has 0 radical (unpaired) electrons. The molecule has 1 aliphatic heterocycles. The van der Waals surface area contributed by atoms with Crippen LogP contribution in [0.25, 0.3) is 0 Å². The fourth-order valence-corrected chi connectivity index (χ4v) is 1.40. The molecule has 1 amide bonds. The second kappa shape index (κ2) is 2.84. The molecule has 1 heterocycles. The molecule has 11 heavy (non-hydrogen) atoms. The van der Waals surface area contributed by atoms with E-state index in [1.165, 1.54) is 0 Å². The third-order valence-electron chi connectivity index (χ3n) is 0.963. The SMILES string of the molecule is O=C1CSC(CC(F)(F)F)=N1. The van der Waals surface area contributed by atoms with Crippen molar-refractivity contribution < 1.29 is 18.0 Å². The minimum Gasteiger partial charge on any atom is -0.272 e. The van der Waals surface area contributed by atoms with Gasteiger partial charge in [0, 0.05) is 0 Å². The quantitative estimate of drug-likeness (QED) is 0.618. The van der Waals surface area contributed by atoms with E-state index in [0.29, 0.717) is 0 Å². The molecular formula is C5H4F3NOS. The zero-order chi connectivity index (χ0) is 8.48. The minimum absolute atomic E-state index is 0.0470. The molecule has 0 saturated heterocycles. The fourth-order valence-electron chi connectivity index (χ4n) is 0.611. The Hall–Kier alpha value is -0.520. The second-order valence-electron chi connectivity index (χ2n) is 1.98. The van der Waals surface area contributed by atoms with E-state index in [1.54, 1.807) is 0 Å². The van der Waals surface area contributed by atoms with Crippen LogP contribution in [0.2, 0.25) is 0 Å². The lowest BCUT2D eigenvalue weighted by molar-refractivity contribution is -0.120. The van der Waals surface area contributed by atoms with E-state index in [-0.39, 0.29) is 10.8 Å². The number of hydrogen-bond acceptors (Lipinski definition) is 2. The van der Waals surface area contributed by atoms with Gasteiger partial charge in [-0.2, -0.15) is 13.2 Å². The topological polar surface area (TPSA) is 29.4 Å². The van der Waals surface area contributed by atoms with E-state index in [4.69, 9.17) is 0 Å². The summed E-state index contributed by atoms with van der Waals surface area (Å²) in [5.74, 6) is -0.431. The minimum atomic E-state index is -4.25. The highest BCUT2D eigenvalue weighted by Crippen LogP contribution is 2.26. The summed E-state index contributed by atoms with van der Waals surface area (Å²) in [6.45, 7) is 0. The Balaban J connectivity index is 2.51. The van der Waals surface area contributed by atoms with Crippen molar-refractivity contribution in [1.82, 2.24) is 0 Å². The standard InChI is InChI=1S/C5H4F3NOS/c6-5(7,8)1-4-9-3(10)2-11-4/h1-2H2. The van der Waals surface area contributed by atoms with Crippen LogP contribution >= 0.6 is 11.8 Å². The monoisotopic (exact) mass is 183 g/mol. The summed E-state index contributed by atoms with van der Waals surface area (Å²) in [7, 11) is 0. The van der Waals surface area contributed by atoms with Crippen LogP contribution in [0.5, 0.6) is 0 Å². The predicted molar refractivity (Wildman–Crippen MR) is 35.6 cm³/mol. The Morgan fingerprint density at radius 1 is 1.55 bits per heavy atom. The number of alkyl halides is 3. The van der Waals surface area contributed by atoms with Gasteiger partial charge >= 0.3 is 6.18 Å². The zero-order valence-corrected chi connectivity index (χ0v) is 6.13. The van der Waals surface area contributed by atoms with Gasteiger partial charge in [0.1, 0.15) is 0 Å². The second-order valence-corrected chi connectivity index (χ2v) is 3.03. The summed E-state index contributed by atoms with van der Waals surface area (Å²) < 4.78 is 34.9. The molecule has 0 aromatic heterocycles. The van der Waals surface area contributed by atoms with Crippen LogP contribution in [0, 0.1) is 0 Å². The van der Waals surface area contributed by atoms with Crippen molar-refractivity contribution in [3.63, 3.8) is 0 Å². The number of halogens is 3. The van der Waals surface area contributed by atoms with Gasteiger partial charge in [0.25, 0.3) is 5.91 Å². The number of thioether (sulfide) groups is 1. The molecule has 0 aliphatic carbocycles. The van der Waals surface area contributed by atoms with Crippen LogP contribution in [0.1, 0.15) is 6.42 Å². The Morgan fingerprint density at radius 3 is 2.55 bits per heavy atom. The molecule has 0 fully saturated rings. The van der Waals surface area contributed by atoms with E-state index in [0.717, 1.165) is 11.8 Å². The third-order valence-corrected chi connectivity index (χ3v) is 1.92. The molecule has 0 bridgehead atoms. The first-order chi connectivity index (χ1) is 4.97. The summed E-state index contributed by atoms with van der Waals surface area (Å²) in [6.07, 6.45) is -5.33. The third kappa shape index (κ3) is 2.92. The number of carbonyl (C=O) groups is 1. The number of amides is 1. The number of nitrogens with zero attached hydrogens (tertiary/aromatic N) is 1. The van der Waals surface area contributed by atoms with Crippen LogP contribution in [0.15, 0.2) is 4.99 Å². The fraction of sp³-hybridized carbons (Fsp3) is 0.600. The summed E-state index contributed by atoms with van der Waals surface area (Å²) in [5.41, 5.74) is 0. The maximum Gasteiger partial charge on any atom is 0.395 e. The Morgan fingerprint density at radius 2 is 2.18 bits per heavy atom. The van der Waals surface area contributed by atoms with Gasteiger partial charge in [-0.05, 0) is 0 Å². The summed E-state index contributed by atoms with van der Waals surface area (Å²) in [4.78, 5) is 13.6. The lowest BCUT2D eigenvalue weighted by Gasteiger charge is -2.02. The first-order valence-corrected chi connectivity index (χ1v) is 3.76. The van der Waals surface area contributed by atoms with Crippen LogP contribution < -0.4 is 0 Å². The van der Waals surface area contributed by atoms with E-state index in [1.807, 2.05) is 0 Å². The molecule has 0 atom stereocenters. The van der Waals surface area contributed by atoms with Gasteiger partial charge in [0.2, 0.25) is 0 Å². The van der Waals surface area contributed by atoms with Crippen molar-refractivity contribution in [3.8, 4) is 0 Å². The van der Waals surface area contributed by atoms with Crippen LogP contribution in [-0.4, -0.2) is 22.9 Å². The van der Waals surface area contributed by atoms with Gasteiger partial charge in [-0.15, -0.1) is 11.8 Å². The molecule has 6 heteroatoms. The first-order valence-electron chi connectivity index (χ1n) is 2.77. The Labute approximate surface area is 64.9 Å². The summed E-state index contributed by atoms with van der Waals surface area (Å²) in [6, 6.07) is 0. The van der Waals surface area contributed by atoms with Gasteiger partial charge in [-0.1, -0.05) is 0 Å². The number of hydrogen-bond donors (Lipinski definition) is 0. The normalized spacial score (nSPS) is 18.8. The van der Waals surface area contributed by atoms with Crippen LogP contribution in [-0.2, 0) is 4.79 Å². The average molecular weight is 183 g/mol. The summed E-state index contributed by atoms with van der Waals surface area (Å²) in [5, 5.41) is -0.123. The predicted octanol–water partition coefficient (Wildman–Crippen LogP) is 1.61. The molecule has 0 aromatic rings. The highest BCUT2D eigenvalue weighted by Gasteiger charge is 2.32. The number of carbonyl (C=O) groups excluding carboxylic acids is 1. The number of rotatable bonds is 1. The molecule has 0 saturated carbocycles. The van der Waals surface area contributed by atoms with Crippen molar-refractivity contribution >= 4 is 22.7 Å². The van der Waals surface area contributed by atoms with E-state index >= 15 is 0 Å². The van der Waals surface area contributed by atoms with Crippen LogP contribution in [0.3, 0.4) is 0 Å². The highest BCUT2D eigenvalue weighted by atomic mass is 32.2. The molecule has 0 unspecified atom stereocenters. The van der Waals surface area contributed by atoms with Crippen molar-refractivity contribution in [1.29, 1.82) is 0 Å². The maximum absolute atomic E-state index is 11.6. The molecule has 1 aliphatic rings. The van der Waals surface area contributed by atoms with Gasteiger partial charge in [0.05, 0.1) is 17.2 Å². The average Bonchev–Trinajstić information content (AvgIpc) is 2.10. The maximum atomic E-state index is 11.6. The highest BCUT2D eigenvalue weighted by molar-refractivity contribution is 8.15. The molecular weight excluding hydrogens is 179 g/mol.